The van der Waals surface area contributed by atoms with Crippen LogP contribution in [0.15, 0.2) is 24.3 Å². The zero-order chi connectivity index (χ0) is 16.4. The molecule has 5 bridgehead atoms. The third-order valence-electron chi connectivity index (χ3n) is 8.19. The fourth-order valence-electron chi connectivity index (χ4n) is 7.57. The van der Waals surface area contributed by atoms with E-state index >= 15 is 0 Å². The molecule has 1 saturated carbocycles. The Morgan fingerprint density at radius 2 is 2.08 bits per heavy atom. The molecule has 1 aromatic carbocycles. The van der Waals surface area contributed by atoms with E-state index in [-0.39, 0.29) is 35.6 Å². The van der Waals surface area contributed by atoms with Gasteiger partial charge in [-0.2, -0.15) is 0 Å². The monoisotopic (exact) mass is 324 g/mol. The van der Waals surface area contributed by atoms with Crippen molar-refractivity contribution in [1.82, 2.24) is 4.90 Å². The number of likely N-dealkylation sites (N-methyl/N-ethyl adjacent to an activating group) is 1. The average Bonchev–Trinajstić information content (AvgIpc) is 2.97. The quantitative estimate of drug-likeness (QED) is 0.855. The van der Waals surface area contributed by atoms with Crippen LogP contribution in [0.25, 0.3) is 0 Å². The van der Waals surface area contributed by atoms with Crippen LogP contribution < -0.4 is 4.90 Å². The van der Waals surface area contributed by atoms with Gasteiger partial charge in [0.2, 0.25) is 0 Å². The lowest BCUT2D eigenvalue weighted by atomic mass is 9.62. The molecule has 0 aromatic heterocycles. The number of aliphatic hydroxyl groups excluding tert-OH is 1. The lowest BCUT2D eigenvalue weighted by Crippen LogP contribution is -2.72. The minimum atomic E-state index is -0.360. The molecule has 4 saturated heterocycles. The Morgan fingerprint density at radius 3 is 2.88 bits per heavy atom. The molecule has 126 valence electrons. The molecule has 4 nitrogen and oxygen atoms in total. The summed E-state index contributed by atoms with van der Waals surface area (Å²) < 4.78 is 0. The summed E-state index contributed by atoms with van der Waals surface area (Å²) in [4.78, 5) is 18.5. The highest BCUT2D eigenvalue weighted by Gasteiger charge is 2.76. The van der Waals surface area contributed by atoms with E-state index in [0.717, 1.165) is 19.3 Å². The maximum atomic E-state index is 13.8. The molecule has 7 rings (SSSR count). The summed E-state index contributed by atoms with van der Waals surface area (Å²) in [5.41, 5.74) is 2.16. The minimum Gasteiger partial charge on any atom is -0.378 e. The van der Waals surface area contributed by atoms with Gasteiger partial charge in [0, 0.05) is 36.7 Å². The molecule has 5 heterocycles. The van der Waals surface area contributed by atoms with Crippen LogP contribution in [-0.2, 0) is 10.2 Å². The number of carbonyl (C=O) groups is 1. The molecule has 6 aliphatic rings. The SMILES string of the molecule is CC[C@H]1[C@@H]2C[C@H]3[C@@H]4N(C)c5ccccc5[C@]45C[C@@H]([C@H]2C5=O)N3[C@@H]1O. The first-order valence-corrected chi connectivity index (χ1v) is 9.43. The smallest absolute Gasteiger partial charge is 0.150 e. The Morgan fingerprint density at radius 1 is 1.29 bits per heavy atom. The maximum Gasteiger partial charge on any atom is 0.150 e. The van der Waals surface area contributed by atoms with Crippen LogP contribution in [0.3, 0.4) is 0 Å². The molecule has 24 heavy (non-hydrogen) atoms. The van der Waals surface area contributed by atoms with Crippen molar-refractivity contribution < 1.29 is 9.90 Å². The fourth-order valence-corrected chi connectivity index (χ4v) is 7.57. The van der Waals surface area contributed by atoms with Crippen LogP contribution in [0.1, 0.15) is 31.7 Å². The number of piperidine rings is 4. The number of hydrogen-bond donors (Lipinski definition) is 1. The summed E-state index contributed by atoms with van der Waals surface area (Å²) in [6.07, 6.45) is 2.59. The number of benzene rings is 1. The Labute approximate surface area is 142 Å². The predicted molar refractivity (Wildman–Crippen MR) is 90.7 cm³/mol. The summed E-state index contributed by atoms with van der Waals surface area (Å²) in [7, 11) is 2.15. The van der Waals surface area contributed by atoms with Crippen LogP contribution >= 0.6 is 0 Å². The van der Waals surface area contributed by atoms with E-state index in [9.17, 15) is 9.90 Å². The van der Waals surface area contributed by atoms with Crippen molar-refractivity contribution in [3.63, 3.8) is 0 Å². The highest BCUT2D eigenvalue weighted by atomic mass is 16.3. The second-order valence-electron chi connectivity index (χ2n) is 8.61. The van der Waals surface area contributed by atoms with E-state index in [4.69, 9.17) is 0 Å². The minimum absolute atomic E-state index is 0.138. The van der Waals surface area contributed by atoms with E-state index in [1.807, 2.05) is 0 Å². The van der Waals surface area contributed by atoms with E-state index in [0.29, 0.717) is 17.7 Å². The van der Waals surface area contributed by atoms with Crippen molar-refractivity contribution in [3.8, 4) is 0 Å². The van der Waals surface area contributed by atoms with Gasteiger partial charge in [0.1, 0.15) is 6.23 Å². The molecular weight excluding hydrogens is 300 g/mol. The normalized spacial score (nSPS) is 52.8. The molecule has 1 unspecified atom stereocenters. The number of nitrogens with zero attached hydrogens (tertiary/aromatic N) is 2. The van der Waals surface area contributed by atoms with E-state index in [2.05, 4.69) is 48.0 Å². The molecular formula is C20H24N2O2. The van der Waals surface area contributed by atoms with Crippen LogP contribution in [-0.4, -0.2) is 47.2 Å². The lowest BCUT2D eigenvalue weighted by molar-refractivity contribution is -0.207. The van der Waals surface area contributed by atoms with E-state index in [1.165, 1.54) is 11.3 Å². The van der Waals surface area contributed by atoms with Crippen molar-refractivity contribution in [2.45, 2.75) is 56.0 Å². The number of carbonyl (C=O) groups excluding carboxylic acids is 1. The largest absolute Gasteiger partial charge is 0.378 e. The second-order valence-corrected chi connectivity index (χ2v) is 8.61. The molecule has 1 N–H and O–H groups in total. The van der Waals surface area contributed by atoms with Crippen molar-refractivity contribution in [2.24, 2.45) is 17.8 Å². The Balaban J connectivity index is 1.61. The molecule has 0 amide bonds. The van der Waals surface area contributed by atoms with E-state index < -0.39 is 0 Å². The molecule has 5 aliphatic heterocycles. The van der Waals surface area contributed by atoms with Gasteiger partial charge in [-0.15, -0.1) is 0 Å². The Kier molecular flexibility index (Phi) is 2.34. The zero-order valence-electron chi connectivity index (χ0n) is 14.2. The van der Waals surface area contributed by atoms with Gasteiger partial charge >= 0.3 is 0 Å². The number of para-hydroxylation sites is 1. The molecule has 4 heteroatoms. The number of ketones is 1. The maximum absolute atomic E-state index is 13.8. The van der Waals surface area contributed by atoms with Gasteiger partial charge in [-0.25, -0.2) is 0 Å². The third kappa shape index (κ3) is 1.16. The fraction of sp³-hybridized carbons (Fsp3) is 0.650. The molecule has 1 aliphatic carbocycles. The van der Waals surface area contributed by atoms with E-state index in [1.54, 1.807) is 0 Å². The summed E-state index contributed by atoms with van der Waals surface area (Å²) in [6, 6.07) is 9.27. The molecule has 0 radical (unpaired) electrons. The molecule has 1 aromatic rings. The van der Waals surface area contributed by atoms with Crippen molar-refractivity contribution in [1.29, 1.82) is 0 Å². The van der Waals surface area contributed by atoms with Gasteiger partial charge in [-0.05, 0) is 36.8 Å². The molecule has 1 spiro atoms. The second kappa shape index (κ2) is 4.05. The van der Waals surface area contributed by atoms with Crippen LogP contribution in [0, 0.1) is 17.8 Å². The first-order chi connectivity index (χ1) is 11.6. The van der Waals surface area contributed by atoms with Crippen molar-refractivity contribution in [3.05, 3.63) is 29.8 Å². The predicted octanol–water partition coefficient (Wildman–Crippen LogP) is 1.76. The summed E-state index contributed by atoms with van der Waals surface area (Å²) in [5.74, 6) is 1.26. The van der Waals surface area contributed by atoms with Gasteiger partial charge in [0.05, 0.1) is 11.5 Å². The summed E-state index contributed by atoms with van der Waals surface area (Å²) >= 11 is 0. The number of Topliss-reactive ketones (excluding diaryl/α,β-unsaturated/α-hetero) is 1. The summed E-state index contributed by atoms with van der Waals surface area (Å²) in [6.45, 7) is 2.16. The number of hydrogen-bond acceptors (Lipinski definition) is 4. The topological polar surface area (TPSA) is 43.8 Å². The Bertz CT molecular complexity index is 764. The molecule has 5 fully saturated rings. The van der Waals surface area contributed by atoms with Gasteiger partial charge < -0.3 is 10.0 Å². The van der Waals surface area contributed by atoms with Gasteiger partial charge in [-0.1, -0.05) is 25.1 Å². The number of rotatable bonds is 1. The van der Waals surface area contributed by atoms with Crippen LogP contribution in [0.5, 0.6) is 0 Å². The summed E-state index contributed by atoms with van der Waals surface area (Å²) in [5, 5.41) is 11.0. The van der Waals surface area contributed by atoms with Crippen LogP contribution in [0.2, 0.25) is 0 Å². The number of fused-ring (bicyclic) bond motifs is 2. The van der Waals surface area contributed by atoms with Gasteiger partial charge in [0.15, 0.2) is 5.78 Å². The first-order valence-electron chi connectivity index (χ1n) is 9.43. The third-order valence-corrected chi connectivity index (χ3v) is 8.19. The lowest BCUT2D eigenvalue weighted by Gasteiger charge is -2.62. The Hall–Kier alpha value is -1.39. The average molecular weight is 324 g/mol. The highest BCUT2D eigenvalue weighted by molar-refractivity contribution is 6.01. The van der Waals surface area contributed by atoms with Gasteiger partial charge in [0.25, 0.3) is 0 Å². The number of anilines is 1. The van der Waals surface area contributed by atoms with Crippen molar-refractivity contribution >= 4 is 11.5 Å². The van der Waals surface area contributed by atoms with Gasteiger partial charge in [-0.3, -0.25) is 9.69 Å². The standard InChI is InChI=1S/C20H24N2O2/c1-3-10-11-8-14-17-20(12-6-4-5-7-13(12)21(17)2)9-15(16(11)18(20)23)22(14)19(10)24/h4-7,10-11,14-17,19,24H,3,8-9H2,1-2H3/t10-,11-,14-,15-,16-,17-,19+,20+/m0/s1. The van der Waals surface area contributed by atoms with Crippen molar-refractivity contribution in [2.75, 3.05) is 11.9 Å². The highest BCUT2D eigenvalue weighted by Crippen LogP contribution is 2.67. The number of aliphatic hydroxyl groups is 1. The first kappa shape index (κ1) is 13.9. The zero-order valence-corrected chi connectivity index (χ0v) is 14.2. The molecule has 9 atom stereocenters. The van der Waals surface area contributed by atoms with Crippen LogP contribution in [0.4, 0.5) is 5.69 Å².